The van der Waals surface area contributed by atoms with Crippen LogP contribution in [0.25, 0.3) is 0 Å². The van der Waals surface area contributed by atoms with Gasteiger partial charge in [-0.2, -0.15) is 0 Å². The average molecular weight is 415 g/mol. The molecule has 2 atom stereocenters. The standard InChI is InChI=1S/C21H23F2N5O2/c22-16-9-13-1-2-14(15(13)10-17(16)23)18(24)11-20(29)27-5-7-28(8-6-27)21(30)19-12-25-3-4-26-19/h3-4,9-10,12,14,18H,1-2,5-8,11,24H2/t14-,18-/m0/s1. The lowest BCUT2D eigenvalue weighted by molar-refractivity contribution is -0.133. The summed E-state index contributed by atoms with van der Waals surface area (Å²) in [6, 6.07) is 1.97. The van der Waals surface area contributed by atoms with Crippen LogP contribution in [-0.2, 0) is 11.2 Å². The van der Waals surface area contributed by atoms with E-state index in [1.807, 2.05) is 0 Å². The SMILES string of the molecule is N[C@@H](CC(=O)N1CCN(C(=O)c2cnccn2)CC1)[C@H]1CCc2cc(F)c(F)cc21. The molecule has 1 aromatic heterocycles. The van der Waals surface area contributed by atoms with E-state index in [1.54, 1.807) is 9.80 Å². The van der Waals surface area contributed by atoms with Crippen molar-refractivity contribution in [1.82, 2.24) is 19.8 Å². The minimum Gasteiger partial charge on any atom is -0.339 e. The molecule has 2 heterocycles. The molecule has 0 saturated carbocycles. The number of hydrogen-bond acceptors (Lipinski definition) is 5. The first-order valence-corrected chi connectivity index (χ1v) is 10.0. The highest BCUT2D eigenvalue weighted by Gasteiger charge is 2.32. The number of carbonyl (C=O) groups excluding carboxylic acids is 2. The van der Waals surface area contributed by atoms with Crippen molar-refractivity contribution in [2.45, 2.75) is 31.2 Å². The van der Waals surface area contributed by atoms with E-state index in [0.29, 0.717) is 44.6 Å². The molecule has 1 fully saturated rings. The Labute approximate surface area is 172 Å². The number of aromatic nitrogens is 2. The van der Waals surface area contributed by atoms with Crippen molar-refractivity contribution in [3.63, 3.8) is 0 Å². The number of carbonyl (C=O) groups is 2. The number of hydrogen-bond donors (Lipinski definition) is 1. The summed E-state index contributed by atoms with van der Waals surface area (Å²) in [7, 11) is 0. The number of fused-ring (bicyclic) bond motifs is 1. The van der Waals surface area contributed by atoms with Crippen LogP contribution in [0.15, 0.2) is 30.7 Å². The van der Waals surface area contributed by atoms with Gasteiger partial charge >= 0.3 is 0 Å². The number of amides is 2. The van der Waals surface area contributed by atoms with Crippen LogP contribution >= 0.6 is 0 Å². The molecule has 1 aromatic carbocycles. The van der Waals surface area contributed by atoms with Crippen molar-refractivity contribution in [1.29, 1.82) is 0 Å². The number of piperazine rings is 1. The molecule has 1 saturated heterocycles. The fourth-order valence-electron chi connectivity index (χ4n) is 4.28. The van der Waals surface area contributed by atoms with Crippen LogP contribution in [-0.4, -0.2) is 63.8 Å². The number of nitrogens with two attached hydrogens (primary N) is 1. The largest absolute Gasteiger partial charge is 0.339 e. The maximum Gasteiger partial charge on any atom is 0.274 e. The second kappa shape index (κ2) is 8.43. The summed E-state index contributed by atoms with van der Waals surface area (Å²) in [5.41, 5.74) is 8.04. The van der Waals surface area contributed by atoms with Gasteiger partial charge in [-0.25, -0.2) is 13.8 Å². The van der Waals surface area contributed by atoms with Gasteiger partial charge in [0, 0.05) is 57.0 Å². The molecule has 2 aromatic rings. The molecular weight excluding hydrogens is 392 g/mol. The van der Waals surface area contributed by atoms with E-state index >= 15 is 0 Å². The Morgan fingerprint density at radius 2 is 1.80 bits per heavy atom. The summed E-state index contributed by atoms with van der Waals surface area (Å²) in [6.07, 6.45) is 5.82. The van der Waals surface area contributed by atoms with Crippen molar-refractivity contribution >= 4 is 11.8 Å². The molecule has 1 aliphatic carbocycles. The van der Waals surface area contributed by atoms with Gasteiger partial charge in [-0.1, -0.05) is 0 Å². The summed E-state index contributed by atoms with van der Waals surface area (Å²) in [6.45, 7) is 1.65. The smallest absolute Gasteiger partial charge is 0.274 e. The molecule has 1 aliphatic heterocycles. The van der Waals surface area contributed by atoms with Crippen molar-refractivity contribution in [3.8, 4) is 0 Å². The lowest BCUT2D eigenvalue weighted by Gasteiger charge is -2.35. The van der Waals surface area contributed by atoms with Crippen LogP contribution in [0.2, 0.25) is 0 Å². The van der Waals surface area contributed by atoms with Crippen LogP contribution in [0.5, 0.6) is 0 Å². The van der Waals surface area contributed by atoms with Gasteiger partial charge in [-0.3, -0.25) is 14.6 Å². The Hall–Kier alpha value is -2.94. The zero-order valence-electron chi connectivity index (χ0n) is 16.4. The van der Waals surface area contributed by atoms with Gasteiger partial charge < -0.3 is 15.5 Å². The zero-order valence-corrected chi connectivity index (χ0v) is 16.4. The highest BCUT2D eigenvalue weighted by molar-refractivity contribution is 5.92. The van der Waals surface area contributed by atoms with Gasteiger partial charge in [-0.15, -0.1) is 0 Å². The van der Waals surface area contributed by atoms with E-state index in [-0.39, 0.29) is 29.8 Å². The van der Waals surface area contributed by atoms with Gasteiger partial charge in [0.25, 0.3) is 5.91 Å². The van der Waals surface area contributed by atoms with E-state index in [0.717, 1.165) is 5.56 Å². The molecular formula is C21H23F2N5O2. The van der Waals surface area contributed by atoms with E-state index < -0.39 is 17.7 Å². The number of nitrogens with zero attached hydrogens (tertiary/aromatic N) is 4. The Kier molecular flexibility index (Phi) is 5.72. The van der Waals surface area contributed by atoms with E-state index in [9.17, 15) is 18.4 Å². The summed E-state index contributed by atoms with van der Waals surface area (Å²) in [4.78, 5) is 36.4. The zero-order chi connectivity index (χ0) is 21.3. The van der Waals surface area contributed by atoms with Gasteiger partial charge in [0.1, 0.15) is 5.69 Å². The lowest BCUT2D eigenvalue weighted by Crippen LogP contribution is -2.51. The molecule has 0 spiro atoms. The van der Waals surface area contributed by atoms with Crippen LogP contribution in [0.3, 0.4) is 0 Å². The summed E-state index contributed by atoms with van der Waals surface area (Å²) >= 11 is 0. The van der Waals surface area contributed by atoms with Gasteiger partial charge in [-0.05, 0) is 36.1 Å². The van der Waals surface area contributed by atoms with Gasteiger partial charge in [0.15, 0.2) is 11.6 Å². The first kappa shape index (κ1) is 20.3. The minimum absolute atomic E-state index is 0.0925. The maximum atomic E-state index is 13.7. The van der Waals surface area contributed by atoms with Crippen molar-refractivity contribution < 1.29 is 18.4 Å². The molecule has 158 valence electrons. The van der Waals surface area contributed by atoms with Crippen molar-refractivity contribution in [2.75, 3.05) is 26.2 Å². The molecule has 4 rings (SSSR count). The third-order valence-electron chi connectivity index (χ3n) is 5.94. The second-order valence-electron chi connectivity index (χ2n) is 7.74. The fraction of sp³-hybridized carbons (Fsp3) is 0.429. The van der Waals surface area contributed by atoms with Crippen LogP contribution in [0.1, 0.15) is 40.4 Å². The normalized spacial score (nSPS) is 19.5. The van der Waals surface area contributed by atoms with E-state index in [2.05, 4.69) is 9.97 Å². The Bertz CT molecular complexity index is 948. The third-order valence-corrected chi connectivity index (χ3v) is 5.94. The Morgan fingerprint density at radius 1 is 1.10 bits per heavy atom. The topological polar surface area (TPSA) is 92.4 Å². The first-order valence-electron chi connectivity index (χ1n) is 10.0. The number of benzene rings is 1. The molecule has 0 radical (unpaired) electrons. The van der Waals surface area contributed by atoms with Crippen LogP contribution in [0, 0.1) is 11.6 Å². The van der Waals surface area contributed by atoms with Crippen LogP contribution < -0.4 is 5.73 Å². The number of halogens is 2. The predicted molar refractivity (Wildman–Crippen MR) is 105 cm³/mol. The monoisotopic (exact) mass is 415 g/mol. The number of aryl methyl sites for hydroxylation is 1. The molecule has 2 N–H and O–H groups in total. The Balaban J connectivity index is 1.33. The summed E-state index contributed by atoms with van der Waals surface area (Å²) in [5.74, 6) is -2.21. The molecule has 2 amide bonds. The lowest BCUT2D eigenvalue weighted by atomic mass is 9.91. The fourth-order valence-corrected chi connectivity index (χ4v) is 4.28. The summed E-state index contributed by atoms with van der Waals surface area (Å²) in [5, 5.41) is 0. The maximum absolute atomic E-state index is 13.7. The van der Waals surface area contributed by atoms with Crippen molar-refractivity contribution in [2.24, 2.45) is 5.73 Å². The average Bonchev–Trinajstić information content (AvgIpc) is 3.17. The molecule has 30 heavy (non-hydrogen) atoms. The van der Waals surface area contributed by atoms with E-state index in [1.165, 1.54) is 30.7 Å². The first-order chi connectivity index (χ1) is 14.4. The molecule has 0 bridgehead atoms. The van der Waals surface area contributed by atoms with Gasteiger partial charge in [0.05, 0.1) is 6.20 Å². The Morgan fingerprint density at radius 3 is 2.50 bits per heavy atom. The molecule has 7 nitrogen and oxygen atoms in total. The highest BCUT2D eigenvalue weighted by Crippen LogP contribution is 2.37. The number of rotatable bonds is 4. The predicted octanol–water partition coefficient (Wildman–Crippen LogP) is 1.49. The summed E-state index contributed by atoms with van der Waals surface area (Å²) < 4.78 is 27.1. The van der Waals surface area contributed by atoms with Gasteiger partial charge in [0.2, 0.25) is 5.91 Å². The molecule has 2 aliphatic rings. The second-order valence-corrected chi connectivity index (χ2v) is 7.74. The van der Waals surface area contributed by atoms with Crippen LogP contribution in [0.4, 0.5) is 8.78 Å². The van der Waals surface area contributed by atoms with E-state index in [4.69, 9.17) is 5.73 Å². The quantitative estimate of drug-likeness (QED) is 0.817. The molecule has 0 unspecified atom stereocenters. The third kappa shape index (κ3) is 4.02. The highest BCUT2D eigenvalue weighted by atomic mass is 19.2. The van der Waals surface area contributed by atoms with Crippen molar-refractivity contribution in [3.05, 3.63) is 59.2 Å². The molecule has 9 heteroatoms. The minimum atomic E-state index is -0.886.